The van der Waals surface area contributed by atoms with Crippen LogP contribution in [-0.4, -0.2) is 16.2 Å². The van der Waals surface area contributed by atoms with Crippen molar-refractivity contribution < 1.29 is 4.52 Å². The molecule has 0 unspecified atom stereocenters. The second kappa shape index (κ2) is 5.75. The van der Waals surface area contributed by atoms with Crippen molar-refractivity contribution in [2.24, 2.45) is 0 Å². The minimum atomic E-state index is 0.682. The van der Waals surface area contributed by atoms with Crippen molar-refractivity contribution in [1.29, 1.82) is 0 Å². The molecule has 0 aliphatic heterocycles. The number of thioether (sulfide) groups is 1. The van der Waals surface area contributed by atoms with Gasteiger partial charge >= 0.3 is 0 Å². The van der Waals surface area contributed by atoms with Crippen molar-refractivity contribution in [2.75, 3.05) is 0 Å². The summed E-state index contributed by atoms with van der Waals surface area (Å²) >= 11 is 1.72. The van der Waals surface area contributed by atoms with E-state index in [0.29, 0.717) is 11.7 Å². The van der Waals surface area contributed by atoms with Crippen molar-refractivity contribution in [3.05, 3.63) is 41.5 Å². The van der Waals surface area contributed by atoms with E-state index in [0.717, 1.165) is 18.3 Å². The summed E-state index contributed by atoms with van der Waals surface area (Å²) in [6.07, 6.45) is 2.66. The summed E-state index contributed by atoms with van der Waals surface area (Å²) in [6, 6.07) is 9.42. The zero-order chi connectivity index (χ0) is 13.1. The van der Waals surface area contributed by atoms with Crippen molar-refractivity contribution >= 4 is 11.8 Å². The molecule has 1 aromatic heterocycles. The van der Waals surface area contributed by atoms with Crippen LogP contribution in [0.1, 0.15) is 30.1 Å². The number of rotatable bonds is 6. The predicted octanol–water partition coefficient (Wildman–Crippen LogP) is 2.92. The third kappa shape index (κ3) is 3.81. The van der Waals surface area contributed by atoms with Gasteiger partial charge in [-0.05, 0) is 37.5 Å². The first-order chi connectivity index (χ1) is 9.29. The lowest BCUT2D eigenvalue weighted by molar-refractivity contribution is 0.387. The van der Waals surface area contributed by atoms with Crippen LogP contribution in [-0.2, 0) is 12.3 Å². The lowest BCUT2D eigenvalue weighted by atomic mass is 10.2. The molecule has 1 aliphatic rings. The van der Waals surface area contributed by atoms with Gasteiger partial charge < -0.3 is 9.84 Å². The topological polar surface area (TPSA) is 51.0 Å². The Balaban J connectivity index is 1.50. The van der Waals surface area contributed by atoms with Crippen LogP contribution in [0.25, 0.3) is 0 Å². The van der Waals surface area contributed by atoms with Gasteiger partial charge in [0.15, 0.2) is 5.82 Å². The molecule has 4 nitrogen and oxygen atoms in total. The van der Waals surface area contributed by atoms with Gasteiger partial charge in [-0.3, -0.25) is 0 Å². The Hall–Kier alpha value is -1.33. The predicted molar refractivity (Wildman–Crippen MR) is 74.9 cm³/mol. The van der Waals surface area contributed by atoms with Crippen LogP contribution in [0.5, 0.6) is 0 Å². The van der Waals surface area contributed by atoms with Gasteiger partial charge in [-0.15, -0.1) is 11.8 Å². The first-order valence-electron chi connectivity index (χ1n) is 6.54. The monoisotopic (exact) mass is 275 g/mol. The number of nitrogens with zero attached hydrogens (tertiary/aromatic N) is 2. The molecule has 0 spiro atoms. The number of benzene rings is 1. The number of nitrogens with one attached hydrogen (secondary N) is 1. The van der Waals surface area contributed by atoms with Crippen LogP contribution >= 0.6 is 11.8 Å². The molecule has 19 heavy (non-hydrogen) atoms. The second-order valence-corrected chi connectivity index (χ2v) is 5.87. The van der Waals surface area contributed by atoms with Crippen molar-refractivity contribution in [3.8, 4) is 0 Å². The SMILES string of the molecule is Cc1noc(CSc2ccc(CNC3CC3)cc2)n1. The summed E-state index contributed by atoms with van der Waals surface area (Å²) in [4.78, 5) is 5.42. The fourth-order valence-electron chi connectivity index (χ4n) is 1.80. The molecular weight excluding hydrogens is 258 g/mol. The summed E-state index contributed by atoms with van der Waals surface area (Å²) in [5.74, 6) is 2.10. The molecule has 0 atom stereocenters. The Kier molecular flexibility index (Phi) is 3.84. The minimum Gasteiger partial charge on any atom is -0.338 e. The Morgan fingerprint density at radius 1 is 1.32 bits per heavy atom. The van der Waals surface area contributed by atoms with Gasteiger partial charge in [-0.2, -0.15) is 4.98 Å². The standard InChI is InChI=1S/C14H17N3OS/c1-10-16-14(18-17-10)9-19-13-6-2-11(3-7-13)8-15-12-4-5-12/h2-3,6-7,12,15H,4-5,8-9H2,1H3. The van der Waals surface area contributed by atoms with E-state index in [9.17, 15) is 0 Å². The van der Waals surface area contributed by atoms with Crippen LogP contribution in [0, 0.1) is 6.92 Å². The van der Waals surface area contributed by atoms with Crippen LogP contribution in [0.2, 0.25) is 0 Å². The van der Waals surface area contributed by atoms with Gasteiger partial charge in [0.2, 0.25) is 5.89 Å². The molecule has 0 amide bonds. The Morgan fingerprint density at radius 3 is 2.74 bits per heavy atom. The molecule has 2 aromatic rings. The van der Waals surface area contributed by atoms with E-state index in [1.165, 1.54) is 23.3 Å². The van der Waals surface area contributed by atoms with Crippen LogP contribution in [0.15, 0.2) is 33.7 Å². The van der Waals surface area contributed by atoms with E-state index in [-0.39, 0.29) is 0 Å². The van der Waals surface area contributed by atoms with E-state index in [2.05, 4.69) is 39.7 Å². The fraction of sp³-hybridized carbons (Fsp3) is 0.429. The average Bonchev–Trinajstić information content (AvgIpc) is 3.17. The average molecular weight is 275 g/mol. The van der Waals surface area contributed by atoms with Gasteiger partial charge in [0.25, 0.3) is 0 Å². The Morgan fingerprint density at radius 2 is 2.11 bits per heavy atom. The van der Waals surface area contributed by atoms with Crippen LogP contribution < -0.4 is 5.32 Å². The highest BCUT2D eigenvalue weighted by atomic mass is 32.2. The Labute approximate surface area is 117 Å². The number of aryl methyl sites for hydroxylation is 1. The highest BCUT2D eigenvalue weighted by molar-refractivity contribution is 7.98. The quantitative estimate of drug-likeness (QED) is 0.821. The van der Waals surface area contributed by atoms with E-state index >= 15 is 0 Å². The summed E-state index contributed by atoms with van der Waals surface area (Å²) in [7, 11) is 0. The van der Waals surface area contributed by atoms with Gasteiger partial charge in [-0.25, -0.2) is 0 Å². The molecule has 5 heteroatoms. The van der Waals surface area contributed by atoms with Crippen molar-refractivity contribution in [2.45, 2.75) is 43.0 Å². The summed E-state index contributed by atoms with van der Waals surface area (Å²) < 4.78 is 5.09. The van der Waals surface area contributed by atoms with E-state index in [4.69, 9.17) is 4.52 Å². The lowest BCUT2D eigenvalue weighted by Gasteiger charge is -2.04. The third-order valence-corrected chi connectivity index (χ3v) is 4.02. The fourth-order valence-corrected chi connectivity index (χ4v) is 2.53. The third-order valence-electron chi connectivity index (χ3n) is 3.03. The molecule has 0 radical (unpaired) electrons. The minimum absolute atomic E-state index is 0.682. The highest BCUT2D eigenvalue weighted by Gasteiger charge is 2.19. The Bertz CT molecular complexity index is 534. The van der Waals surface area contributed by atoms with E-state index < -0.39 is 0 Å². The van der Waals surface area contributed by atoms with Gasteiger partial charge in [-0.1, -0.05) is 17.3 Å². The first kappa shape index (κ1) is 12.7. The smallest absolute Gasteiger partial charge is 0.236 e. The molecule has 0 saturated heterocycles. The maximum Gasteiger partial charge on any atom is 0.236 e. The maximum absolute atomic E-state index is 5.09. The molecule has 1 aliphatic carbocycles. The second-order valence-electron chi connectivity index (χ2n) is 4.82. The van der Waals surface area contributed by atoms with Gasteiger partial charge in [0.05, 0.1) is 5.75 Å². The number of hydrogen-bond donors (Lipinski definition) is 1. The zero-order valence-electron chi connectivity index (χ0n) is 10.9. The summed E-state index contributed by atoms with van der Waals surface area (Å²) in [6.45, 7) is 2.80. The largest absolute Gasteiger partial charge is 0.338 e. The van der Waals surface area contributed by atoms with Crippen LogP contribution in [0.3, 0.4) is 0 Å². The maximum atomic E-state index is 5.09. The molecule has 1 saturated carbocycles. The van der Waals surface area contributed by atoms with E-state index in [1.54, 1.807) is 11.8 Å². The van der Waals surface area contributed by atoms with Crippen molar-refractivity contribution in [1.82, 2.24) is 15.5 Å². The lowest BCUT2D eigenvalue weighted by Crippen LogP contribution is -2.14. The molecular formula is C14H17N3OS. The summed E-state index contributed by atoms with van der Waals surface area (Å²) in [5, 5.41) is 7.29. The molecule has 1 N–H and O–H groups in total. The zero-order valence-corrected chi connectivity index (χ0v) is 11.7. The molecule has 1 fully saturated rings. The van der Waals surface area contributed by atoms with Crippen LogP contribution in [0.4, 0.5) is 0 Å². The van der Waals surface area contributed by atoms with Gasteiger partial charge in [0, 0.05) is 17.5 Å². The van der Waals surface area contributed by atoms with Crippen molar-refractivity contribution in [3.63, 3.8) is 0 Å². The number of hydrogen-bond acceptors (Lipinski definition) is 5. The number of aromatic nitrogens is 2. The molecule has 0 bridgehead atoms. The van der Waals surface area contributed by atoms with E-state index in [1.807, 2.05) is 6.92 Å². The molecule has 1 aromatic carbocycles. The normalized spacial score (nSPS) is 14.8. The van der Waals surface area contributed by atoms with Gasteiger partial charge in [0.1, 0.15) is 0 Å². The molecule has 1 heterocycles. The molecule has 3 rings (SSSR count). The molecule has 100 valence electrons. The first-order valence-corrected chi connectivity index (χ1v) is 7.52. The summed E-state index contributed by atoms with van der Waals surface area (Å²) in [5.41, 5.74) is 1.34. The highest BCUT2D eigenvalue weighted by Crippen LogP contribution is 2.23.